The van der Waals surface area contributed by atoms with Crippen LogP contribution in [0.15, 0.2) is 0 Å². The molecule has 12 heavy (non-hydrogen) atoms. The molecule has 1 N–H and O–H groups in total. The van der Waals surface area contributed by atoms with Crippen molar-refractivity contribution in [2.24, 2.45) is 16.7 Å². The number of rotatable bonds is 2. The van der Waals surface area contributed by atoms with Gasteiger partial charge < -0.3 is 5.11 Å². The van der Waals surface area contributed by atoms with Gasteiger partial charge >= 0.3 is 5.97 Å². The molecule has 1 aliphatic carbocycles. The number of carboxylic acid groups (broad SMARTS) is 1. The van der Waals surface area contributed by atoms with Crippen LogP contribution in [0.2, 0.25) is 0 Å². The van der Waals surface area contributed by atoms with Gasteiger partial charge in [-0.3, -0.25) is 4.79 Å². The molecule has 3 heteroatoms. The van der Waals surface area contributed by atoms with E-state index in [1.807, 2.05) is 27.7 Å². The molecule has 0 radical (unpaired) electrons. The number of carbonyl (C=O) groups excluding carboxylic acids is 1. The zero-order valence-electron chi connectivity index (χ0n) is 7.84. The second-order valence-electron chi connectivity index (χ2n) is 4.55. The molecule has 1 rings (SSSR count). The Morgan fingerprint density at radius 3 is 1.50 bits per heavy atom. The summed E-state index contributed by atoms with van der Waals surface area (Å²) in [5.74, 6) is -2.27. The number of hydrogen-bond acceptors (Lipinski definition) is 2. The monoisotopic (exact) mass is 170 g/mol. The summed E-state index contributed by atoms with van der Waals surface area (Å²) in [5.41, 5.74) is -0.328. The van der Waals surface area contributed by atoms with Gasteiger partial charge in [0, 0.05) is 5.92 Å². The maximum atomic E-state index is 11.1. The van der Waals surface area contributed by atoms with Crippen molar-refractivity contribution in [1.82, 2.24) is 0 Å². The summed E-state index contributed by atoms with van der Waals surface area (Å²) in [4.78, 5) is 21.5. The Morgan fingerprint density at radius 1 is 1.08 bits per heavy atom. The number of Topliss-reactive ketones (excluding diaryl/α,β-unsaturated/α-hetero) is 1. The lowest BCUT2D eigenvalue weighted by Crippen LogP contribution is -2.18. The van der Waals surface area contributed by atoms with E-state index < -0.39 is 11.8 Å². The van der Waals surface area contributed by atoms with Crippen LogP contribution in [0, 0.1) is 16.7 Å². The summed E-state index contributed by atoms with van der Waals surface area (Å²) in [7, 11) is 0. The lowest BCUT2D eigenvalue weighted by atomic mass is 10.0. The topological polar surface area (TPSA) is 54.4 Å². The van der Waals surface area contributed by atoms with Crippen molar-refractivity contribution in [1.29, 1.82) is 0 Å². The van der Waals surface area contributed by atoms with E-state index in [1.165, 1.54) is 0 Å². The van der Waals surface area contributed by atoms with Gasteiger partial charge in [-0.15, -0.1) is 0 Å². The summed E-state index contributed by atoms with van der Waals surface area (Å²) >= 11 is 0. The lowest BCUT2D eigenvalue weighted by Gasteiger charge is -2.03. The van der Waals surface area contributed by atoms with Crippen LogP contribution in [0.3, 0.4) is 0 Å². The average molecular weight is 170 g/mol. The van der Waals surface area contributed by atoms with E-state index in [0.717, 1.165) is 0 Å². The molecule has 0 unspecified atom stereocenters. The summed E-state index contributed by atoms with van der Waals surface area (Å²) in [6.45, 7) is 7.72. The molecule has 1 aliphatic rings. The molecule has 3 nitrogen and oxygen atoms in total. The molecular weight excluding hydrogens is 156 g/mol. The van der Waals surface area contributed by atoms with Gasteiger partial charge in [0.2, 0.25) is 5.78 Å². The van der Waals surface area contributed by atoms with Crippen LogP contribution in [0.4, 0.5) is 0 Å². The van der Waals surface area contributed by atoms with Crippen molar-refractivity contribution in [2.75, 3.05) is 0 Å². The summed E-state index contributed by atoms with van der Waals surface area (Å²) in [5, 5.41) is 8.51. The predicted molar refractivity (Wildman–Crippen MR) is 43.7 cm³/mol. The van der Waals surface area contributed by atoms with Gasteiger partial charge in [0.25, 0.3) is 0 Å². The van der Waals surface area contributed by atoms with Crippen molar-refractivity contribution in [3.63, 3.8) is 0 Å². The quantitative estimate of drug-likeness (QED) is 0.636. The summed E-state index contributed by atoms with van der Waals surface area (Å²) in [6.07, 6.45) is 0. The molecule has 0 amide bonds. The second kappa shape index (κ2) is 2.09. The van der Waals surface area contributed by atoms with Crippen LogP contribution >= 0.6 is 0 Å². The highest BCUT2D eigenvalue weighted by Gasteiger charge is 2.69. The molecule has 1 fully saturated rings. The molecule has 0 bridgehead atoms. The normalized spacial score (nSPS) is 25.0. The van der Waals surface area contributed by atoms with E-state index >= 15 is 0 Å². The minimum Gasteiger partial charge on any atom is -0.475 e. The predicted octanol–water partition coefficient (Wildman–Crippen LogP) is 1.32. The Bertz CT molecular complexity index is 236. The molecule has 0 spiro atoms. The molecule has 0 atom stereocenters. The van der Waals surface area contributed by atoms with Gasteiger partial charge in [-0.25, -0.2) is 4.79 Å². The Kier molecular flexibility index (Phi) is 1.61. The van der Waals surface area contributed by atoms with Crippen molar-refractivity contribution in [3.8, 4) is 0 Å². The van der Waals surface area contributed by atoms with Gasteiger partial charge in [0.05, 0.1) is 0 Å². The zero-order valence-corrected chi connectivity index (χ0v) is 7.84. The Labute approximate surface area is 71.8 Å². The van der Waals surface area contributed by atoms with Crippen LogP contribution < -0.4 is 0 Å². The van der Waals surface area contributed by atoms with Crippen LogP contribution in [-0.2, 0) is 9.59 Å². The highest BCUT2D eigenvalue weighted by Crippen LogP contribution is 2.68. The van der Waals surface area contributed by atoms with Crippen molar-refractivity contribution in [2.45, 2.75) is 27.7 Å². The molecule has 0 aromatic carbocycles. The number of aliphatic carboxylic acids is 1. The molecule has 68 valence electrons. The first kappa shape index (κ1) is 9.23. The molecule has 1 saturated carbocycles. The Balaban J connectivity index is 2.85. The van der Waals surface area contributed by atoms with Crippen molar-refractivity contribution >= 4 is 11.8 Å². The molecular formula is C9H14O3. The smallest absolute Gasteiger partial charge is 0.372 e. The number of carboxylic acids is 1. The van der Waals surface area contributed by atoms with Crippen LogP contribution in [0.25, 0.3) is 0 Å². The van der Waals surface area contributed by atoms with Crippen molar-refractivity contribution in [3.05, 3.63) is 0 Å². The molecule has 0 aliphatic heterocycles. The van der Waals surface area contributed by atoms with Crippen LogP contribution in [0.5, 0.6) is 0 Å². The molecule has 0 aromatic heterocycles. The van der Waals surface area contributed by atoms with E-state index in [4.69, 9.17) is 5.11 Å². The number of ketones is 1. The Hall–Kier alpha value is -0.860. The van der Waals surface area contributed by atoms with Crippen LogP contribution in [0.1, 0.15) is 27.7 Å². The highest BCUT2D eigenvalue weighted by atomic mass is 16.4. The van der Waals surface area contributed by atoms with E-state index in [2.05, 4.69) is 0 Å². The first-order valence-electron chi connectivity index (χ1n) is 4.00. The fourth-order valence-corrected chi connectivity index (χ4v) is 1.98. The van der Waals surface area contributed by atoms with Gasteiger partial charge in [0.15, 0.2) is 0 Å². The highest BCUT2D eigenvalue weighted by molar-refractivity contribution is 6.34. The number of carbonyl (C=O) groups is 2. The van der Waals surface area contributed by atoms with Gasteiger partial charge in [-0.1, -0.05) is 27.7 Å². The first-order chi connectivity index (χ1) is 5.23. The number of hydrogen-bond donors (Lipinski definition) is 1. The fraction of sp³-hybridized carbons (Fsp3) is 0.778. The van der Waals surface area contributed by atoms with E-state index in [1.54, 1.807) is 0 Å². The van der Waals surface area contributed by atoms with E-state index in [-0.39, 0.29) is 16.7 Å². The summed E-state index contributed by atoms with van der Waals surface area (Å²) in [6, 6.07) is 0. The van der Waals surface area contributed by atoms with E-state index in [9.17, 15) is 9.59 Å². The molecule has 0 heterocycles. The van der Waals surface area contributed by atoms with Crippen molar-refractivity contribution < 1.29 is 14.7 Å². The third-order valence-corrected chi connectivity index (χ3v) is 3.49. The minimum absolute atomic E-state index is 0.164. The maximum Gasteiger partial charge on any atom is 0.372 e. The zero-order chi connectivity index (χ0) is 9.73. The van der Waals surface area contributed by atoms with Gasteiger partial charge in [-0.2, -0.15) is 0 Å². The van der Waals surface area contributed by atoms with E-state index in [0.29, 0.717) is 0 Å². The third-order valence-electron chi connectivity index (χ3n) is 3.49. The second-order valence-corrected chi connectivity index (χ2v) is 4.55. The largest absolute Gasteiger partial charge is 0.475 e. The molecule has 0 saturated heterocycles. The molecule has 0 aromatic rings. The first-order valence-corrected chi connectivity index (χ1v) is 4.00. The minimum atomic E-state index is -1.31. The van der Waals surface area contributed by atoms with Crippen LogP contribution in [-0.4, -0.2) is 16.9 Å². The standard InChI is InChI=1S/C9H14O3/c1-8(2)6(9(8,3)4)5(10)7(11)12/h6H,1-4H3,(H,11,12). The maximum absolute atomic E-state index is 11.1. The Morgan fingerprint density at radius 2 is 1.42 bits per heavy atom. The SMILES string of the molecule is CC1(C)C(C(=O)C(=O)O)C1(C)C. The summed E-state index contributed by atoms with van der Waals surface area (Å²) < 4.78 is 0. The van der Waals surface area contributed by atoms with Gasteiger partial charge in [0.1, 0.15) is 0 Å². The van der Waals surface area contributed by atoms with Gasteiger partial charge in [-0.05, 0) is 10.8 Å². The average Bonchev–Trinajstić information content (AvgIpc) is 2.23. The lowest BCUT2D eigenvalue weighted by molar-refractivity contribution is -0.150. The third kappa shape index (κ3) is 0.886. The fourth-order valence-electron chi connectivity index (χ4n) is 1.98.